The summed E-state index contributed by atoms with van der Waals surface area (Å²) in [4.78, 5) is 27.2. The lowest BCUT2D eigenvalue weighted by Gasteiger charge is -2.07. The molecule has 3 rings (SSSR count). The maximum absolute atomic E-state index is 11.9. The summed E-state index contributed by atoms with van der Waals surface area (Å²) in [5.74, 6) is -0.377. The van der Waals surface area contributed by atoms with Gasteiger partial charge in [-0.05, 0) is 30.5 Å². The molecule has 0 saturated heterocycles. The first-order valence-corrected chi connectivity index (χ1v) is 6.74. The number of nitrogens with zero attached hydrogens (tertiary/aromatic N) is 3. The Kier molecular flexibility index (Phi) is 3.63. The average molecular weight is 285 g/mol. The second-order valence-corrected chi connectivity index (χ2v) is 5.01. The van der Waals surface area contributed by atoms with Crippen molar-refractivity contribution < 1.29 is 9.59 Å². The molecule has 0 unspecified atom stereocenters. The molecule has 1 aliphatic rings. The molecule has 1 aromatic heterocycles. The molecule has 1 fully saturated rings. The monoisotopic (exact) mass is 285 g/mol. The van der Waals surface area contributed by atoms with Gasteiger partial charge in [0.1, 0.15) is 12.7 Å². The van der Waals surface area contributed by atoms with E-state index in [1.165, 1.54) is 6.33 Å². The Labute approximate surface area is 121 Å². The average Bonchev–Trinajstić information content (AvgIpc) is 3.24. The Morgan fingerprint density at radius 3 is 2.57 bits per heavy atom. The molecule has 1 aliphatic carbocycles. The molecule has 2 amide bonds. The van der Waals surface area contributed by atoms with Crippen molar-refractivity contribution in [2.75, 3.05) is 0 Å². The second-order valence-electron chi connectivity index (χ2n) is 5.01. The van der Waals surface area contributed by atoms with Gasteiger partial charge in [0, 0.05) is 11.5 Å². The fraction of sp³-hybridized carbons (Fsp3) is 0.286. The van der Waals surface area contributed by atoms with Crippen LogP contribution < -0.4 is 10.9 Å². The van der Waals surface area contributed by atoms with E-state index >= 15 is 0 Å². The van der Waals surface area contributed by atoms with Gasteiger partial charge in [-0.2, -0.15) is 5.10 Å². The minimum Gasteiger partial charge on any atom is -0.273 e. The van der Waals surface area contributed by atoms with Crippen LogP contribution in [0.5, 0.6) is 0 Å². The Bertz CT molecular complexity index is 632. The summed E-state index contributed by atoms with van der Waals surface area (Å²) in [5, 5.41) is 4.02. The van der Waals surface area contributed by atoms with Gasteiger partial charge >= 0.3 is 0 Å². The number of hydrazine groups is 1. The van der Waals surface area contributed by atoms with Crippen molar-refractivity contribution in [1.29, 1.82) is 0 Å². The first kappa shape index (κ1) is 13.3. The van der Waals surface area contributed by atoms with Crippen LogP contribution in [0.1, 0.15) is 28.8 Å². The molecule has 0 radical (unpaired) electrons. The van der Waals surface area contributed by atoms with Crippen molar-refractivity contribution in [1.82, 2.24) is 25.6 Å². The standard InChI is InChI=1S/C14H15N5O2/c20-13(17-18-14(21)12-5-6-12)11-3-1-10(2-4-11)7-19-9-15-8-16-19/h1-4,8-9,12H,5-7H2,(H,17,20)(H,18,21). The van der Waals surface area contributed by atoms with Crippen LogP contribution in [0.25, 0.3) is 0 Å². The van der Waals surface area contributed by atoms with Gasteiger partial charge in [0.2, 0.25) is 5.91 Å². The number of carbonyl (C=O) groups excluding carboxylic acids is 2. The van der Waals surface area contributed by atoms with E-state index in [1.54, 1.807) is 23.1 Å². The van der Waals surface area contributed by atoms with Gasteiger partial charge in [-0.15, -0.1) is 0 Å². The zero-order chi connectivity index (χ0) is 14.7. The number of aromatic nitrogens is 3. The minimum atomic E-state index is -0.323. The van der Waals surface area contributed by atoms with E-state index in [4.69, 9.17) is 0 Å². The Morgan fingerprint density at radius 1 is 1.19 bits per heavy atom. The minimum absolute atomic E-state index is 0.0651. The molecule has 7 heteroatoms. The van der Waals surface area contributed by atoms with Crippen LogP contribution in [0.3, 0.4) is 0 Å². The normalized spacial score (nSPS) is 13.7. The van der Waals surface area contributed by atoms with Crippen molar-refractivity contribution in [2.24, 2.45) is 5.92 Å². The summed E-state index contributed by atoms with van der Waals surface area (Å²) in [6.07, 6.45) is 4.91. The molecule has 108 valence electrons. The number of rotatable bonds is 4. The highest BCUT2D eigenvalue weighted by atomic mass is 16.2. The first-order chi connectivity index (χ1) is 10.2. The number of hydrogen-bond donors (Lipinski definition) is 2. The second kappa shape index (κ2) is 5.74. The molecule has 1 saturated carbocycles. The maximum atomic E-state index is 11.9. The lowest BCUT2D eigenvalue weighted by atomic mass is 10.1. The quantitative estimate of drug-likeness (QED) is 0.800. The first-order valence-electron chi connectivity index (χ1n) is 6.74. The van der Waals surface area contributed by atoms with Gasteiger partial charge in [0.25, 0.3) is 5.91 Å². The fourth-order valence-corrected chi connectivity index (χ4v) is 1.90. The summed E-state index contributed by atoms with van der Waals surface area (Å²) >= 11 is 0. The number of carbonyl (C=O) groups is 2. The molecular weight excluding hydrogens is 270 g/mol. The molecule has 0 atom stereocenters. The highest BCUT2D eigenvalue weighted by Gasteiger charge is 2.29. The van der Waals surface area contributed by atoms with Gasteiger partial charge in [-0.3, -0.25) is 20.4 Å². The summed E-state index contributed by atoms with van der Waals surface area (Å²) in [7, 11) is 0. The molecule has 2 aromatic rings. The van der Waals surface area contributed by atoms with E-state index in [2.05, 4.69) is 20.9 Å². The van der Waals surface area contributed by atoms with Gasteiger partial charge in [-0.25, -0.2) is 9.67 Å². The Hall–Kier alpha value is -2.70. The van der Waals surface area contributed by atoms with Crippen LogP contribution in [-0.2, 0) is 11.3 Å². The zero-order valence-electron chi connectivity index (χ0n) is 11.3. The van der Waals surface area contributed by atoms with Crippen LogP contribution in [-0.4, -0.2) is 26.6 Å². The molecule has 1 heterocycles. The highest BCUT2D eigenvalue weighted by Crippen LogP contribution is 2.28. The summed E-state index contributed by atoms with van der Waals surface area (Å²) in [6, 6.07) is 7.12. The molecule has 21 heavy (non-hydrogen) atoms. The van der Waals surface area contributed by atoms with Crippen LogP contribution in [0.15, 0.2) is 36.9 Å². The predicted molar refractivity (Wildman–Crippen MR) is 73.9 cm³/mol. The molecule has 2 N–H and O–H groups in total. The highest BCUT2D eigenvalue weighted by molar-refractivity contribution is 5.95. The molecule has 0 aliphatic heterocycles. The van der Waals surface area contributed by atoms with E-state index in [0.29, 0.717) is 12.1 Å². The SMILES string of the molecule is O=C(NNC(=O)C1CC1)c1ccc(Cn2cncn2)cc1. The van der Waals surface area contributed by atoms with E-state index in [1.807, 2.05) is 12.1 Å². The molecule has 0 bridgehead atoms. The van der Waals surface area contributed by atoms with Crippen molar-refractivity contribution in [2.45, 2.75) is 19.4 Å². The third-order valence-corrected chi connectivity index (χ3v) is 3.27. The number of amides is 2. The van der Waals surface area contributed by atoms with Gasteiger partial charge in [0.15, 0.2) is 0 Å². The summed E-state index contributed by atoms with van der Waals surface area (Å²) in [6.45, 7) is 0.598. The van der Waals surface area contributed by atoms with E-state index in [0.717, 1.165) is 18.4 Å². The largest absolute Gasteiger partial charge is 0.273 e. The molecular formula is C14H15N5O2. The number of benzene rings is 1. The van der Waals surface area contributed by atoms with Crippen molar-refractivity contribution in [3.05, 3.63) is 48.0 Å². The maximum Gasteiger partial charge on any atom is 0.269 e. The predicted octanol–water partition coefficient (Wildman–Crippen LogP) is 0.497. The third-order valence-electron chi connectivity index (χ3n) is 3.27. The smallest absolute Gasteiger partial charge is 0.269 e. The molecule has 1 aromatic carbocycles. The molecule has 7 nitrogen and oxygen atoms in total. The van der Waals surface area contributed by atoms with Crippen LogP contribution in [0.4, 0.5) is 0 Å². The van der Waals surface area contributed by atoms with Crippen LogP contribution >= 0.6 is 0 Å². The van der Waals surface area contributed by atoms with E-state index in [9.17, 15) is 9.59 Å². The van der Waals surface area contributed by atoms with Gasteiger partial charge in [0.05, 0.1) is 6.54 Å². The summed E-state index contributed by atoms with van der Waals surface area (Å²) < 4.78 is 1.70. The summed E-state index contributed by atoms with van der Waals surface area (Å²) in [5.41, 5.74) is 6.36. The molecule has 0 spiro atoms. The number of nitrogens with one attached hydrogen (secondary N) is 2. The van der Waals surface area contributed by atoms with Crippen LogP contribution in [0, 0.1) is 5.92 Å². The van der Waals surface area contributed by atoms with E-state index in [-0.39, 0.29) is 17.7 Å². The zero-order valence-corrected chi connectivity index (χ0v) is 11.3. The lowest BCUT2D eigenvalue weighted by Crippen LogP contribution is -2.42. The van der Waals surface area contributed by atoms with Gasteiger partial charge in [-0.1, -0.05) is 12.1 Å². The van der Waals surface area contributed by atoms with Crippen molar-refractivity contribution in [3.63, 3.8) is 0 Å². The Morgan fingerprint density at radius 2 is 1.95 bits per heavy atom. The van der Waals surface area contributed by atoms with E-state index < -0.39 is 0 Å². The fourth-order valence-electron chi connectivity index (χ4n) is 1.90. The van der Waals surface area contributed by atoms with Gasteiger partial charge < -0.3 is 0 Å². The van der Waals surface area contributed by atoms with Crippen LogP contribution in [0.2, 0.25) is 0 Å². The van der Waals surface area contributed by atoms with Crippen molar-refractivity contribution in [3.8, 4) is 0 Å². The topological polar surface area (TPSA) is 88.9 Å². The number of hydrogen-bond acceptors (Lipinski definition) is 4. The Balaban J connectivity index is 1.55. The lowest BCUT2D eigenvalue weighted by molar-refractivity contribution is -0.123. The van der Waals surface area contributed by atoms with Crippen molar-refractivity contribution >= 4 is 11.8 Å². The third kappa shape index (κ3) is 3.44.